The zero-order valence-corrected chi connectivity index (χ0v) is 11.3. The van der Waals surface area contributed by atoms with Crippen molar-refractivity contribution in [2.24, 2.45) is 0 Å². The number of aliphatic hydroxyl groups excluding tert-OH is 1. The van der Waals surface area contributed by atoms with Gasteiger partial charge in [0, 0.05) is 12.0 Å². The van der Waals surface area contributed by atoms with Gasteiger partial charge < -0.3 is 5.11 Å². The molecule has 0 saturated carbocycles. The number of hydrogen-bond donors (Lipinski definition) is 1. The summed E-state index contributed by atoms with van der Waals surface area (Å²) in [6.45, 7) is 1.59. The number of benzene rings is 2. The van der Waals surface area contributed by atoms with E-state index < -0.39 is 23.7 Å². The first kappa shape index (κ1) is 15.5. The molecular formula is C16H14F4O. The smallest absolute Gasteiger partial charge is 0.388 e. The second kappa shape index (κ2) is 5.85. The molecule has 0 spiro atoms. The molecule has 0 heterocycles. The fourth-order valence-corrected chi connectivity index (χ4v) is 2.09. The number of hydrogen-bond acceptors (Lipinski definition) is 1. The van der Waals surface area contributed by atoms with E-state index in [9.17, 15) is 22.7 Å². The van der Waals surface area contributed by atoms with E-state index in [4.69, 9.17) is 0 Å². The number of alkyl halides is 3. The summed E-state index contributed by atoms with van der Waals surface area (Å²) in [6, 6.07) is 9.17. The molecule has 5 heteroatoms. The van der Waals surface area contributed by atoms with Crippen molar-refractivity contribution in [3.05, 3.63) is 70.5 Å². The third kappa shape index (κ3) is 3.61. The Labute approximate surface area is 119 Å². The maximum Gasteiger partial charge on any atom is 0.416 e. The number of rotatable bonds is 3. The summed E-state index contributed by atoms with van der Waals surface area (Å²) >= 11 is 0. The molecule has 1 N–H and O–H groups in total. The van der Waals surface area contributed by atoms with Crippen molar-refractivity contribution in [3.8, 4) is 0 Å². The van der Waals surface area contributed by atoms with E-state index >= 15 is 0 Å². The first-order valence-corrected chi connectivity index (χ1v) is 6.38. The van der Waals surface area contributed by atoms with Crippen LogP contribution in [0.4, 0.5) is 17.6 Å². The van der Waals surface area contributed by atoms with Gasteiger partial charge in [0.05, 0.1) is 11.7 Å². The maximum atomic E-state index is 13.9. The molecule has 0 aliphatic heterocycles. The van der Waals surface area contributed by atoms with Gasteiger partial charge in [-0.25, -0.2) is 4.39 Å². The summed E-state index contributed by atoms with van der Waals surface area (Å²) in [6.07, 6.45) is -5.43. The Morgan fingerprint density at radius 1 is 1.05 bits per heavy atom. The molecule has 0 amide bonds. The third-order valence-corrected chi connectivity index (χ3v) is 3.29. The van der Waals surface area contributed by atoms with Crippen LogP contribution >= 0.6 is 0 Å². The quantitative estimate of drug-likeness (QED) is 0.831. The van der Waals surface area contributed by atoms with Gasteiger partial charge in [0.15, 0.2) is 0 Å². The van der Waals surface area contributed by atoms with E-state index in [-0.39, 0.29) is 12.0 Å². The average molecular weight is 298 g/mol. The highest BCUT2D eigenvalue weighted by atomic mass is 19.4. The molecule has 2 aromatic carbocycles. The first-order valence-electron chi connectivity index (χ1n) is 6.38. The molecular weight excluding hydrogens is 284 g/mol. The van der Waals surface area contributed by atoms with E-state index in [1.165, 1.54) is 18.2 Å². The predicted octanol–water partition coefficient (Wildman–Crippen LogP) is 4.43. The highest BCUT2D eigenvalue weighted by Gasteiger charge is 2.30. The summed E-state index contributed by atoms with van der Waals surface area (Å²) in [7, 11) is 0. The SMILES string of the molecule is Cc1cccc(C(O)Cc2ccc(C(F)(F)F)cc2)c1F. The van der Waals surface area contributed by atoms with E-state index in [0.717, 1.165) is 12.1 Å². The van der Waals surface area contributed by atoms with E-state index in [1.807, 2.05) is 0 Å². The lowest BCUT2D eigenvalue weighted by atomic mass is 9.98. The van der Waals surface area contributed by atoms with Gasteiger partial charge in [-0.1, -0.05) is 30.3 Å². The highest BCUT2D eigenvalue weighted by Crippen LogP contribution is 2.30. The lowest BCUT2D eigenvalue weighted by Gasteiger charge is -2.14. The molecule has 0 aromatic heterocycles. The summed E-state index contributed by atoms with van der Waals surface area (Å²) in [5.41, 5.74) is 0.327. The minimum atomic E-state index is -4.39. The topological polar surface area (TPSA) is 20.2 Å². The zero-order chi connectivity index (χ0) is 15.6. The Kier molecular flexibility index (Phi) is 4.32. The molecule has 112 valence electrons. The Hall–Kier alpha value is -1.88. The molecule has 0 saturated heterocycles. The van der Waals surface area contributed by atoms with Crippen molar-refractivity contribution in [1.82, 2.24) is 0 Å². The molecule has 1 nitrogen and oxygen atoms in total. The van der Waals surface area contributed by atoms with Crippen LogP contribution in [-0.4, -0.2) is 5.11 Å². The van der Waals surface area contributed by atoms with Gasteiger partial charge in [-0.15, -0.1) is 0 Å². The van der Waals surface area contributed by atoms with Crippen molar-refractivity contribution in [2.45, 2.75) is 25.6 Å². The van der Waals surface area contributed by atoms with E-state index in [0.29, 0.717) is 11.1 Å². The lowest BCUT2D eigenvalue weighted by molar-refractivity contribution is -0.137. The van der Waals surface area contributed by atoms with Crippen molar-refractivity contribution in [2.75, 3.05) is 0 Å². The minimum absolute atomic E-state index is 0.0541. The highest BCUT2D eigenvalue weighted by molar-refractivity contribution is 5.30. The molecule has 2 rings (SSSR count). The van der Waals surface area contributed by atoms with Crippen LogP contribution < -0.4 is 0 Å². The van der Waals surface area contributed by atoms with Gasteiger partial charge in [0.2, 0.25) is 0 Å². The molecule has 1 atom stereocenters. The largest absolute Gasteiger partial charge is 0.416 e. The predicted molar refractivity (Wildman–Crippen MR) is 71.2 cm³/mol. The summed E-state index contributed by atoms with van der Waals surface area (Å²) in [4.78, 5) is 0. The summed E-state index contributed by atoms with van der Waals surface area (Å²) < 4.78 is 51.2. The molecule has 21 heavy (non-hydrogen) atoms. The van der Waals surface area contributed by atoms with Crippen LogP contribution in [0, 0.1) is 12.7 Å². The van der Waals surface area contributed by atoms with Crippen molar-refractivity contribution >= 4 is 0 Å². The second-order valence-electron chi connectivity index (χ2n) is 4.89. The molecule has 1 unspecified atom stereocenters. The number of halogens is 4. The third-order valence-electron chi connectivity index (χ3n) is 3.29. The van der Waals surface area contributed by atoms with Crippen LogP contribution in [0.3, 0.4) is 0 Å². The minimum Gasteiger partial charge on any atom is -0.388 e. The Balaban J connectivity index is 2.16. The first-order chi connectivity index (χ1) is 9.79. The molecule has 0 aliphatic rings. The van der Waals surface area contributed by atoms with Crippen LogP contribution in [0.2, 0.25) is 0 Å². The van der Waals surface area contributed by atoms with Crippen molar-refractivity contribution in [1.29, 1.82) is 0 Å². The van der Waals surface area contributed by atoms with Gasteiger partial charge >= 0.3 is 6.18 Å². The molecule has 2 aromatic rings. The van der Waals surface area contributed by atoms with Gasteiger partial charge in [0.25, 0.3) is 0 Å². The van der Waals surface area contributed by atoms with Crippen LogP contribution in [0.15, 0.2) is 42.5 Å². The Morgan fingerprint density at radius 3 is 2.24 bits per heavy atom. The molecule has 0 bridgehead atoms. The van der Waals surface area contributed by atoms with Crippen molar-refractivity contribution < 1.29 is 22.7 Å². The van der Waals surface area contributed by atoms with Crippen LogP contribution in [0.1, 0.15) is 28.4 Å². The normalized spacial score (nSPS) is 13.2. The average Bonchev–Trinajstić information content (AvgIpc) is 2.41. The molecule has 0 fully saturated rings. The molecule has 0 radical (unpaired) electrons. The summed E-state index contributed by atoms with van der Waals surface area (Å²) in [5, 5.41) is 10.0. The van der Waals surface area contributed by atoms with Crippen LogP contribution in [0.5, 0.6) is 0 Å². The number of aliphatic hydroxyl groups is 1. The van der Waals surface area contributed by atoms with Gasteiger partial charge in [-0.3, -0.25) is 0 Å². The Bertz CT molecular complexity index is 617. The van der Waals surface area contributed by atoms with Crippen LogP contribution in [-0.2, 0) is 12.6 Å². The Morgan fingerprint density at radius 2 is 1.67 bits per heavy atom. The monoisotopic (exact) mass is 298 g/mol. The lowest BCUT2D eigenvalue weighted by Crippen LogP contribution is -2.07. The second-order valence-corrected chi connectivity index (χ2v) is 4.89. The zero-order valence-electron chi connectivity index (χ0n) is 11.3. The van der Waals surface area contributed by atoms with Gasteiger partial charge in [-0.05, 0) is 30.2 Å². The van der Waals surface area contributed by atoms with E-state index in [2.05, 4.69) is 0 Å². The standard InChI is InChI=1S/C16H14F4O/c1-10-3-2-4-13(15(10)17)14(21)9-11-5-7-12(8-6-11)16(18,19)20/h2-8,14,21H,9H2,1H3. The van der Waals surface area contributed by atoms with Gasteiger partial charge in [0.1, 0.15) is 5.82 Å². The fourth-order valence-electron chi connectivity index (χ4n) is 2.09. The summed E-state index contributed by atoms with van der Waals surface area (Å²) in [5.74, 6) is -0.489. The number of aryl methyl sites for hydroxylation is 1. The van der Waals surface area contributed by atoms with Crippen molar-refractivity contribution in [3.63, 3.8) is 0 Å². The van der Waals surface area contributed by atoms with Crippen LogP contribution in [0.25, 0.3) is 0 Å². The fraction of sp³-hybridized carbons (Fsp3) is 0.250. The molecule has 0 aliphatic carbocycles. The van der Waals surface area contributed by atoms with E-state index in [1.54, 1.807) is 19.1 Å². The van der Waals surface area contributed by atoms with Gasteiger partial charge in [-0.2, -0.15) is 13.2 Å². The maximum absolute atomic E-state index is 13.9.